The average Bonchev–Trinajstić information content (AvgIpc) is 3.74. The predicted octanol–water partition coefficient (Wildman–Crippen LogP) is 15.7. The van der Waals surface area contributed by atoms with Gasteiger partial charge in [0.2, 0.25) is 11.4 Å². The van der Waals surface area contributed by atoms with Crippen LogP contribution in [-0.4, -0.2) is 25.7 Å². The van der Waals surface area contributed by atoms with Crippen molar-refractivity contribution < 1.29 is 0 Å². The van der Waals surface area contributed by atoms with Crippen LogP contribution in [0.4, 0.5) is 11.4 Å². The van der Waals surface area contributed by atoms with Crippen molar-refractivity contribution in [2.45, 2.75) is 6.92 Å². The summed E-state index contributed by atoms with van der Waals surface area (Å²) in [7, 11) is 0. The molecule has 5 nitrogen and oxygen atoms in total. The molecule has 0 fully saturated rings. The molecule has 1 aliphatic heterocycles. The Labute approximate surface area is 395 Å². The quantitative estimate of drug-likeness (QED) is 0.143. The molecule has 0 amide bonds. The molecule has 5 heteroatoms. The zero-order valence-electron chi connectivity index (χ0n) is 37.4. The minimum Gasteiger partial charge on any atom is -0.309 e. The molecule has 0 saturated carbocycles. The van der Waals surface area contributed by atoms with Gasteiger partial charge in [-0.1, -0.05) is 170 Å². The zero-order chi connectivity index (χ0) is 45.4. The number of benzene rings is 9. The summed E-state index contributed by atoms with van der Waals surface area (Å²) >= 11 is 0. The lowest BCUT2D eigenvalue weighted by atomic mass is 9.96. The third kappa shape index (κ3) is 7.62. The van der Waals surface area contributed by atoms with Gasteiger partial charge >= 0.3 is 0 Å². The Bertz CT molecular complexity index is 3710. The van der Waals surface area contributed by atoms with Crippen LogP contribution in [-0.2, 0) is 0 Å². The maximum atomic E-state index is 4.99. The SMILES string of the molecule is C/C1=C\C(c2ccc3c(c2)c2ccccc2n3-c2ccc(-c3cccc(-c4cccc(-c5nc(-c6ccccc6)nc(-c6ccccc6)n5)c4)c3)cc2)=C/C=[N+](c2ccccc2)c2ccccc21. The van der Waals surface area contributed by atoms with Gasteiger partial charge in [0, 0.05) is 63.0 Å². The lowest BCUT2D eigenvalue weighted by molar-refractivity contribution is 1.07. The van der Waals surface area contributed by atoms with Crippen LogP contribution >= 0.6 is 0 Å². The van der Waals surface area contributed by atoms with Crippen LogP contribution < -0.4 is 4.58 Å². The monoisotopic (exact) mass is 870 g/mol. The summed E-state index contributed by atoms with van der Waals surface area (Å²) < 4.78 is 4.68. The van der Waals surface area contributed by atoms with Crippen LogP contribution in [0.5, 0.6) is 0 Å². The smallest absolute Gasteiger partial charge is 0.218 e. The highest BCUT2D eigenvalue weighted by Crippen LogP contribution is 2.38. The van der Waals surface area contributed by atoms with Crippen molar-refractivity contribution in [3.8, 4) is 62.1 Å². The molecule has 12 rings (SSSR count). The Balaban J connectivity index is 0.874. The van der Waals surface area contributed by atoms with Crippen molar-refractivity contribution in [2.75, 3.05) is 0 Å². The van der Waals surface area contributed by atoms with E-state index in [1.54, 1.807) is 0 Å². The fraction of sp³-hybridized carbons (Fsp3) is 0.0159. The van der Waals surface area contributed by atoms with E-state index in [9.17, 15) is 0 Å². The lowest BCUT2D eigenvalue weighted by Gasteiger charge is -2.13. The Morgan fingerprint density at radius 3 is 1.59 bits per heavy atom. The summed E-state index contributed by atoms with van der Waals surface area (Å²) in [5.74, 6) is 1.93. The first-order valence-corrected chi connectivity index (χ1v) is 23.0. The molecule has 2 aromatic heterocycles. The van der Waals surface area contributed by atoms with Crippen LogP contribution in [0.1, 0.15) is 18.1 Å². The summed E-state index contributed by atoms with van der Waals surface area (Å²) in [4.78, 5) is 14.9. The van der Waals surface area contributed by atoms with Crippen molar-refractivity contribution >= 4 is 50.5 Å². The number of allylic oxidation sites excluding steroid dienone is 4. The molecule has 0 N–H and O–H groups in total. The molecule has 68 heavy (non-hydrogen) atoms. The summed E-state index contributed by atoms with van der Waals surface area (Å²) in [6.07, 6.45) is 6.77. The zero-order valence-corrected chi connectivity index (χ0v) is 37.4. The van der Waals surface area contributed by atoms with Crippen LogP contribution in [0.3, 0.4) is 0 Å². The largest absolute Gasteiger partial charge is 0.309 e. The first-order valence-electron chi connectivity index (χ1n) is 23.0. The second-order valence-corrected chi connectivity index (χ2v) is 17.2. The van der Waals surface area contributed by atoms with Crippen LogP contribution in [0.25, 0.3) is 95.1 Å². The van der Waals surface area contributed by atoms with Crippen molar-refractivity contribution in [3.63, 3.8) is 0 Å². The minimum absolute atomic E-state index is 0.635. The van der Waals surface area contributed by atoms with Crippen molar-refractivity contribution in [3.05, 3.63) is 254 Å². The maximum Gasteiger partial charge on any atom is 0.218 e. The molecule has 0 unspecified atom stereocenters. The molecule has 11 aromatic rings. The van der Waals surface area contributed by atoms with E-state index in [0.29, 0.717) is 17.5 Å². The normalized spacial score (nSPS) is 14.0. The van der Waals surface area contributed by atoms with Crippen LogP contribution in [0.15, 0.2) is 243 Å². The average molecular weight is 871 g/mol. The number of nitrogens with zero attached hydrogens (tertiary/aromatic N) is 5. The number of rotatable bonds is 8. The number of para-hydroxylation sites is 3. The number of hydrogen-bond acceptors (Lipinski definition) is 3. The van der Waals surface area contributed by atoms with Gasteiger partial charge in [0.25, 0.3) is 0 Å². The number of hydrogen-bond donors (Lipinski definition) is 0. The lowest BCUT2D eigenvalue weighted by Crippen LogP contribution is -2.08. The van der Waals surface area contributed by atoms with Crippen molar-refractivity contribution in [1.82, 2.24) is 24.1 Å². The minimum atomic E-state index is 0.635. The molecule has 1 aliphatic rings. The highest BCUT2D eigenvalue weighted by molar-refractivity contribution is 6.11. The fourth-order valence-electron chi connectivity index (χ4n) is 9.49. The summed E-state index contributed by atoms with van der Waals surface area (Å²) in [5, 5.41) is 2.44. The molecular weight excluding hydrogens is 827 g/mol. The Kier molecular flexibility index (Phi) is 10.3. The molecule has 0 atom stereocenters. The number of fused-ring (bicyclic) bond motifs is 4. The van der Waals surface area contributed by atoms with E-state index in [2.05, 4.69) is 204 Å². The first-order chi connectivity index (χ1) is 33.6. The van der Waals surface area contributed by atoms with Crippen LogP contribution in [0.2, 0.25) is 0 Å². The second-order valence-electron chi connectivity index (χ2n) is 17.2. The van der Waals surface area contributed by atoms with Gasteiger partial charge in [-0.15, -0.1) is 0 Å². The van der Waals surface area contributed by atoms with Gasteiger partial charge in [0.15, 0.2) is 23.7 Å². The highest BCUT2D eigenvalue weighted by Gasteiger charge is 2.21. The maximum absolute atomic E-state index is 4.99. The molecular formula is C63H44N5+. The summed E-state index contributed by atoms with van der Waals surface area (Å²) in [5.41, 5.74) is 17.8. The second kappa shape index (κ2) is 17.4. The van der Waals surface area contributed by atoms with E-state index < -0.39 is 0 Å². The van der Waals surface area contributed by atoms with E-state index in [1.807, 2.05) is 60.7 Å². The molecule has 3 heterocycles. The molecule has 0 radical (unpaired) electrons. The fourth-order valence-corrected chi connectivity index (χ4v) is 9.49. The summed E-state index contributed by atoms with van der Waals surface area (Å²) in [6.45, 7) is 2.21. The Morgan fingerprint density at radius 2 is 0.897 bits per heavy atom. The van der Waals surface area contributed by atoms with E-state index in [4.69, 9.17) is 15.0 Å². The van der Waals surface area contributed by atoms with Gasteiger partial charge in [-0.05, 0) is 94.4 Å². The van der Waals surface area contributed by atoms with Gasteiger partial charge in [-0.3, -0.25) is 0 Å². The number of aromatic nitrogens is 4. The van der Waals surface area contributed by atoms with Gasteiger partial charge in [-0.25, -0.2) is 15.0 Å². The third-order valence-corrected chi connectivity index (χ3v) is 12.9. The molecule has 0 bridgehead atoms. The Hall–Kier alpha value is -9.06. The van der Waals surface area contributed by atoms with Crippen molar-refractivity contribution in [1.29, 1.82) is 0 Å². The molecule has 0 saturated heterocycles. The molecule has 320 valence electrons. The molecule has 0 aliphatic carbocycles. The van der Waals surface area contributed by atoms with E-state index in [0.717, 1.165) is 55.9 Å². The van der Waals surface area contributed by atoms with Gasteiger partial charge < -0.3 is 4.57 Å². The molecule has 9 aromatic carbocycles. The van der Waals surface area contributed by atoms with Crippen molar-refractivity contribution in [2.24, 2.45) is 0 Å². The molecule has 0 spiro atoms. The third-order valence-electron chi connectivity index (χ3n) is 12.9. The Morgan fingerprint density at radius 1 is 0.382 bits per heavy atom. The van der Waals surface area contributed by atoms with E-state index in [1.165, 1.54) is 44.2 Å². The van der Waals surface area contributed by atoms with E-state index >= 15 is 0 Å². The predicted molar refractivity (Wildman–Crippen MR) is 283 cm³/mol. The standard InChI is InChI=1S/C63H44N5/c1-43-39-51(37-38-67(53-25-9-4-10-26-53)58-29-13-11-27-55(43)58)50-33-36-60-57(42-50)56-28-12-14-30-59(56)68(60)54-34-31-44(32-35-54)47-21-15-22-48(40-47)49-23-16-24-52(41-49)63-65-61(45-17-5-2-6-18-45)64-62(66-63)46-19-7-3-8-20-46/h2-42H,1H3/q+1/b38-37?,43-39+,51-37+,51-39?,55-43?. The first kappa shape index (κ1) is 40.4. The van der Waals surface area contributed by atoms with Gasteiger partial charge in [-0.2, -0.15) is 4.58 Å². The van der Waals surface area contributed by atoms with E-state index in [-0.39, 0.29) is 0 Å². The summed E-state index contributed by atoms with van der Waals surface area (Å²) in [6, 6.07) is 81.3. The van der Waals surface area contributed by atoms with Gasteiger partial charge in [0.05, 0.1) is 11.0 Å². The van der Waals surface area contributed by atoms with Crippen LogP contribution in [0, 0.1) is 0 Å². The van der Waals surface area contributed by atoms with Gasteiger partial charge in [0.1, 0.15) is 0 Å². The highest BCUT2D eigenvalue weighted by atomic mass is 15.0. The topological polar surface area (TPSA) is 46.6 Å².